The van der Waals surface area contributed by atoms with Crippen LogP contribution in [0.2, 0.25) is 0 Å². The molecule has 0 aromatic heterocycles. The average molecular weight is 337 g/mol. The minimum atomic E-state index is 0.367. The maximum Gasteiger partial charge on any atom is 0.214 e. The summed E-state index contributed by atoms with van der Waals surface area (Å²) in [6.45, 7) is 4.73. The van der Waals surface area contributed by atoms with Gasteiger partial charge in [-0.05, 0) is 43.8 Å². The summed E-state index contributed by atoms with van der Waals surface area (Å²) < 4.78 is 3.26. The molecule has 1 amide bonds. The topological polar surface area (TPSA) is 47.6 Å². The van der Waals surface area contributed by atoms with E-state index in [9.17, 15) is 4.79 Å². The van der Waals surface area contributed by atoms with Crippen LogP contribution in [0, 0.1) is 0 Å². The summed E-state index contributed by atoms with van der Waals surface area (Å²) >= 11 is 1.66. The number of hydrogen-bond donors (Lipinski definition) is 2. The molecule has 0 bridgehead atoms. The normalized spacial score (nSPS) is 18.8. The van der Waals surface area contributed by atoms with Crippen molar-refractivity contribution in [2.24, 2.45) is 0 Å². The van der Waals surface area contributed by atoms with E-state index in [2.05, 4.69) is 46.3 Å². The van der Waals surface area contributed by atoms with E-state index in [1.165, 1.54) is 5.56 Å². The molecule has 1 atom stereocenters. The summed E-state index contributed by atoms with van der Waals surface area (Å²) in [5.74, 6) is 0. The molecule has 0 aliphatic carbocycles. The first-order valence-corrected chi connectivity index (χ1v) is 9.44. The Bertz CT molecular complexity index is 468. The number of anilines is 1. The number of likely N-dealkylation sites (N-methyl/N-ethyl adjacent to an activating group) is 1. The van der Waals surface area contributed by atoms with E-state index >= 15 is 0 Å². The maximum absolute atomic E-state index is 11.5. The van der Waals surface area contributed by atoms with Crippen LogP contribution in [-0.4, -0.2) is 63.4 Å². The zero-order valence-electron chi connectivity index (χ0n) is 14.1. The highest BCUT2D eigenvalue weighted by Crippen LogP contribution is 2.16. The fraction of sp³-hybridized carbons (Fsp3) is 0.588. The molecule has 6 heteroatoms. The number of nitrogens with zero attached hydrogens (tertiary/aromatic N) is 2. The molecule has 0 spiro atoms. The Morgan fingerprint density at radius 3 is 2.87 bits per heavy atom. The van der Waals surface area contributed by atoms with Gasteiger partial charge in [-0.3, -0.25) is 14.4 Å². The third kappa shape index (κ3) is 5.80. The number of amides is 1. The monoisotopic (exact) mass is 336 g/mol. The van der Waals surface area contributed by atoms with E-state index < -0.39 is 0 Å². The highest BCUT2D eigenvalue weighted by Gasteiger charge is 2.21. The van der Waals surface area contributed by atoms with Gasteiger partial charge in [0.2, 0.25) is 6.41 Å². The first kappa shape index (κ1) is 18.3. The lowest BCUT2D eigenvalue weighted by molar-refractivity contribution is -0.107. The van der Waals surface area contributed by atoms with Gasteiger partial charge in [0.05, 0.1) is 0 Å². The largest absolute Gasteiger partial charge is 0.314 e. The Balaban J connectivity index is 1.89. The van der Waals surface area contributed by atoms with E-state index in [1.54, 1.807) is 11.9 Å². The van der Waals surface area contributed by atoms with Gasteiger partial charge in [-0.2, -0.15) is 0 Å². The van der Waals surface area contributed by atoms with Gasteiger partial charge in [0.1, 0.15) is 0 Å². The van der Waals surface area contributed by atoms with E-state index in [0.717, 1.165) is 57.7 Å². The molecule has 1 aromatic rings. The van der Waals surface area contributed by atoms with Gasteiger partial charge >= 0.3 is 0 Å². The molecule has 1 aliphatic rings. The van der Waals surface area contributed by atoms with Crippen LogP contribution in [0.3, 0.4) is 0 Å². The molecule has 1 fully saturated rings. The molecule has 128 valence electrons. The lowest BCUT2D eigenvalue weighted by Gasteiger charge is -2.35. The number of rotatable bonds is 9. The SMILES string of the molecule is CSNCCCc1ccc(N(C=O)CC2CNCCN2C)cc1. The molecule has 0 saturated carbocycles. The summed E-state index contributed by atoms with van der Waals surface area (Å²) in [7, 11) is 2.13. The van der Waals surface area contributed by atoms with Gasteiger partial charge in [0.15, 0.2) is 0 Å². The first-order chi connectivity index (χ1) is 11.2. The highest BCUT2D eigenvalue weighted by atomic mass is 32.2. The molecule has 1 heterocycles. The lowest BCUT2D eigenvalue weighted by atomic mass is 10.1. The number of benzene rings is 1. The minimum absolute atomic E-state index is 0.367. The Morgan fingerprint density at radius 1 is 1.43 bits per heavy atom. The van der Waals surface area contributed by atoms with Crippen molar-refractivity contribution in [2.75, 3.05) is 50.9 Å². The van der Waals surface area contributed by atoms with Crippen molar-refractivity contribution < 1.29 is 4.79 Å². The average Bonchev–Trinajstić information content (AvgIpc) is 2.59. The Morgan fingerprint density at radius 2 is 2.22 bits per heavy atom. The second-order valence-electron chi connectivity index (χ2n) is 5.96. The number of aryl methyl sites for hydroxylation is 1. The van der Waals surface area contributed by atoms with Crippen LogP contribution < -0.4 is 14.9 Å². The van der Waals surface area contributed by atoms with Crippen molar-refractivity contribution in [3.8, 4) is 0 Å². The van der Waals surface area contributed by atoms with Crippen LogP contribution in [0.15, 0.2) is 24.3 Å². The zero-order chi connectivity index (χ0) is 16.5. The van der Waals surface area contributed by atoms with Crippen molar-refractivity contribution >= 4 is 24.0 Å². The van der Waals surface area contributed by atoms with Gasteiger partial charge < -0.3 is 10.2 Å². The summed E-state index contributed by atoms with van der Waals surface area (Å²) in [4.78, 5) is 15.6. The van der Waals surface area contributed by atoms with Crippen molar-refractivity contribution in [1.82, 2.24) is 14.9 Å². The third-order valence-electron chi connectivity index (χ3n) is 4.34. The Hall–Kier alpha value is -1.08. The predicted molar refractivity (Wildman–Crippen MR) is 99.0 cm³/mol. The fourth-order valence-corrected chi connectivity index (χ4v) is 3.17. The smallest absolute Gasteiger partial charge is 0.214 e. The molecule has 0 radical (unpaired) electrons. The van der Waals surface area contributed by atoms with E-state index in [0.29, 0.717) is 6.04 Å². The van der Waals surface area contributed by atoms with Crippen molar-refractivity contribution in [3.63, 3.8) is 0 Å². The maximum atomic E-state index is 11.5. The third-order valence-corrected chi connectivity index (χ3v) is 4.83. The molecular formula is C17H28N4OS. The minimum Gasteiger partial charge on any atom is -0.314 e. The van der Waals surface area contributed by atoms with E-state index in [1.807, 2.05) is 11.2 Å². The molecule has 1 unspecified atom stereocenters. The quantitative estimate of drug-likeness (QED) is 0.405. The fourth-order valence-electron chi connectivity index (χ4n) is 2.82. The van der Waals surface area contributed by atoms with Crippen LogP contribution in [0.4, 0.5) is 5.69 Å². The predicted octanol–water partition coefficient (Wildman–Crippen LogP) is 1.35. The van der Waals surface area contributed by atoms with E-state index in [4.69, 9.17) is 0 Å². The molecule has 5 nitrogen and oxygen atoms in total. The molecule has 1 saturated heterocycles. The van der Waals surface area contributed by atoms with Gasteiger partial charge in [0, 0.05) is 44.5 Å². The molecule has 1 aliphatic heterocycles. The lowest BCUT2D eigenvalue weighted by Crippen LogP contribution is -2.54. The van der Waals surface area contributed by atoms with Crippen LogP contribution in [-0.2, 0) is 11.2 Å². The van der Waals surface area contributed by atoms with Crippen LogP contribution in [0.5, 0.6) is 0 Å². The van der Waals surface area contributed by atoms with Crippen LogP contribution in [0.25, 0.3) is 0 Å². The summed E-state index contributed by atoms with van der Waals surface area (Å²) in [6.07, 6.45) is 5.17. The van der Waals surface area contributed by atoms with Crippen LogP contribution >= 0.6 is 11.9 Å². The summed E-state index contributed by atoms with van der Waals surface area (Å²) in [5, 5.41) is 3.40. The van der Waals surface area contributed by atoms with E-state index in [-0.39, 0.29) is 0 Å². The number of carbonyl (C=O) groups is 1. The Kier molecular flexibility index (Phi) is 7.88. The van der Waals surface area contributed by atoms with Gasteiger partial charge in [0.25, 0.3) is 0 Å². The second-order valence-corrected chi connectivity index (χ2v) is 6.66. The molecule has 23 heavy (non-hydrogen) atoms. The van der Waals surface area contributed by atoms with Crippen molar-refractivity contribution in [3.05, 3.63) is 29.8 Å². The van der Waals surface area contributed by atoms with Gasteiger partial charge in [-0.25, -0.2) is 0 Å². The molecule has 2 rings (SSSR count). The number of carbonyl (C=O) groups excluding carboxylic acids is 1. The highest BCUT2D eigenvalue weighted by molar-refractivity contribution is 7.96. The molecular weight excluding hydrogens is 308 g/mol. The first-order valence-electron chi connectivity index (χ1n) is 8.22. The van der Waals surface area contributed by atoms with Crippen LogP contribution in [0.1, 0.15) is 12.0 Å². The number of nitrogens with one attached hydrogen (secondary N) is 2. The van der Waals surface area contributed by atoms with Crippen molar-refractivity contribution in [1.29, 1.82) is 0 Å². The summed E-state index contributed by atoms with van der Waals surface area (Å²) in [6, 6.07) is 8.75. The zero-order valence-corrected chi connectivity index (χ0v) is 14.9. The molecule has 2 N–H and O–H groups in total. The van der Waals surface area contributed by atoms with Gasteiger partial charge in [-0.1, -0.05) is 24.1 Å². The second kappa shape index (κ2) is 9.93. The Labute approximate surface area is 143 Å². The van der Waals surface area contributed by atoms with Gasteiger partial charge in [-0.15, -0.1) is 0 Å². The number of piperazine rings is 1. The van der Waals surface area contributed by atoms with Crippen molar-refractivity contribution in [2.45, 2.75) is 18.9 Å². The summed E-state index contributed by atoms with van der Waals surface area (Å²) in [5.41, 5.74) is 2.30. The standard InChI is InChI=1S/C17H28N4OS/c1-20-11-10-18-12-17(20)13-21(14-22)16-7-5-15(6-8-16)4-3-9-19-23-2/h5-8,14,17-19H,3-4,9-13H2,1-2H3. The molecule has 1 aromatic carbocycles. The number of hydrogen-bond acceptors (Lipinski definition) is 5.